The van der Waals surface area contributed by atoms with E-state index in [9.17, 15) is 4.79 Å². The van der Waals surface area contributed by atoms with E-state index in [2.05, 4.69) is 30.4 Å². The lowest BCUT2D eigenvalue weighted by Gasteiger charge is -2.04. The zero-order valence-corrected chi connectivity index (χ0v) is 9.10. The van der Waals surface area contributed by atoms with E-state index in [1.807, 2.05) is 24.3 Å². The minimum absolute atomic E-state index is 0.589. The molecule has 1 aliphatic rings. The fourth-order valence-corrected chi connectivity index (χ4v) is 1.78. The van der Waals surface area contributed by atoms with Gasteiger partial charge in [-0.25, -0.2) is 0 Å². The van der Waals surface area contributed by atoms with Crippen LogP contribution in [0.15, 0.2) is 54.1 Å². The van der Waals surface area contributed by atoms with Crippen LogP contribution < -0.4 is 0 Å². The number of hydrogen-bond donors (Lipinski definition) is 0. The van der Waals surface area contributed by atoms with Crippen molar-refractivity contribution in [2.45, 2.75) is 12.8 Å². The summed E-state index contributed by atoms with van der Waals surface area (Å²) in [4.78, 5) is 10.4. The van der Waals surface area contributed by atoms with E-state index in [0.29, 0.717) is 6.42 Å². The van der Waals surface area contributed by atoms with E-state index in [0.717, 1.165) is 12.7 Å². The Morgan fingerprint density at radius 2 is 1.81 bits per heavy atom. The first-order chi connectivity index (χ1) is 7.90. The number of rotatable bonds is 4. The molecule has 0 saturated carbocycles. The van der Waals surface area contributed by atoms with E-state index in [4.69, 9.17) is 0 Å². The van der Waals surface area contributed by atoms with E-state index in [1.165, 1.54) is 16.7 Å². The van der Waals surface area contributed by atoms with Gasteiger partial charge < -0.3 is 4.79 Å². The Morgan fingerprint density at radius 3 is 2.56 bits per heavy atom. The minimum Gasteiger partial charge on any atom is -0.303 e. The first-order valence-corrected chi connectivity index (χ1v) is 5.48. The van der Waals surface area contributed by atoms with Crippen LogP contribution in [0, 0.1) is 0 Å². The second kappa shape index (κ2) is 5.26. The molecular weight excluding hydrogens is 196 g/mol. The molecule has 2 rings (SSSR count). The van der Waals surface area contributed by atoms with Crippen LogP contribution in [0.4, 0.5) is 0 Å². The van der Waals surface area contributed by atoms with Crippen molar-refractivity contribution in [1.29, 1.82) is 0 Å². The van der Waals surface area contributed by atoms with Gasteiger partial charge in [-0.15, -0.1) is 0 Å². The molecule has 1 aliphatic carbocycles. The molecule has 0 atom stereocenters. The van der Waals surface area contributed by atoms with E-state index >= 15 is 0 Å². The average Bonchev–Trinajstić information content (AvgIpc) is 2.81. The molecule has 0 heterocycles. The van der Waals surface area contributed by atoms with Gasteiger partial charge in [-0.05, 0) is 29.2 Å². The summed E-state index contributed by atoms with van der Waals surface area (Å²) in [6, 6.07) is 8.22. The highest BCUT2D eigenvalue weighted by Gasteiger charge is 2.00. The predicted molar refractivity (Wildman–Crippen MR) is 67.1 cm³/mol. The minimum atomic E-state index is 0.589. The average molecular weight is 210 g/mol. The van der Waals surface area contributed by atoms with Gasteiger partial charge in [0.25, 0.3) is 0 Å². The van der Waals surface area contributed by atoms with Gasteiger partial charge in [0.15, 0.2) is 0 Å². The molecule has 0 saturated heterocycles. The molecule has 0 N–H and O–H groups in total. The van der Waals surface area contributed by atoms with Crippen LogP contribution in [0.2, 0.25) is 0 Å². The van der Waals surface area contributed by atoms with Gasteiger partial charge in [0, 0.05) is 6.42 Å². The highest BCUT2D eigenvalue weighted by Crippen LogP contribution is 2.17. The maximum atomic E-state index is 10.4. The largest absolute Gasteiger partial charge is 0.303 e. The Bertz CT molecular complexity index is 450. The van der Waals surface area contributed by atoms with E-state index < -0.39 is 0 Å². The van der Waals surface area contributed by atoms with Crippen molar-refractivity contribution in [2.24, 2.45) is 0 Å². The lowest BCUT2D eigenvalue weighted by Crippen LogP contribution is -1.90. The second-order valence-corrected chi connectivity index (χ2v) is 3.77. The third-order valence-corrected chi connectivity index (χ3v) is 2.60. The molecule has 0 spiro atoms. The molecule has 1 heteroatoms. The molecule has 1 aromatic carbocycles. The second-order valence-electron chi connectivity index (χ2n) is 3.77. The lowest BCUT2D eigenvalue weighted by molar-refractivity contribution is -0.107. The van der Waals surface area contributed by atoms with Gasteiger partial charge in [0.05, 0.1) is 0 Å². The molecule has 0 amide bonds. The Balaban J connectivity index is 2.25. The molecule has 0 unspecified atom stereocenters. The van der Waals surface area contributed by atoms with Crippen LogP contribution in [-0.2, 0) is 11.2 Å². The number of benzene rings is 1. The van der Waals surface area contributed by atoms with Crippen LogP contribution in [-0.4, -0.2) is 6.29 Å². The summed E-state index contributed by atoms with van der Waals surface area (Å²) in [5.74, 6) is 0. The van der Waals surface area contributed by atoms with Crippen LogP contribution in [0.5, 0.6) is 0 Å². The van der Waals surface area contributed by atoms with Crippen molar-refractivity contribution < 1.29 is 4.79 Å². The molecule has 1 aromatic rings. The lowest BCUT2D eigenvalue weighted by atomic mass is 10.0. The summed E-state index contributed by atoms with van der Waals surface area (Å²) in [6.45, 7) is 0. The predicted octanol–water partition coefficient (Wildman–Crippen LogP) is 3.33. The highest BCUT2D eigenvalue weighted by atomic mass is 16.1. The van der Waals surface area contributed by atoms with Crippen molar-refractivity contribution in [2.75, 3.05) is 0 Å². The number of hydrogen-bond acceptors (Lipinski definition) is 1. The fourth-order valence-electron chi connectivity index (χ4n) is 1.78. The molecule has 0 aromatic heterocycles. The molecule has 0 radical (unpaired) electrons. The zero-order valence-electron chi connectivity index (χ0n) is 9.10. The summed E-state index contributed by atoms with van der Waals surface area (Å²) in [5, 5.41) is 0. The molecule has 0 bridgehead atoms. The topological polar surface area (TPSA) is 17.1 Å². The molecular formula is C15H14O. The SMILES string of the molecule is O=CCCc1ccccc1C=C1C=CC=C1. The standard InChI is InChI=1S/C15H14O/c16-11-5-10-14-8-3-4-9-15(14)12-13-6-1-2-7-13/h1-4,6-9,11-12H,5,10H2. The molecule has 1 nitrogen and oxygen atoms in total. The van der Waals surface area contributed by atoms with Crippen LogP contribution >= 0.6 is 0 Å². The van der Waals surface area contributed by atoms with Crippen LogP contribution in [0.3, 0.4) is 0 Å². The number of carbonyl (C=O) groups is 1. The normalized spacial score (nSPS) is 13.1. The van der Waals surface area contributed by atoms with Gasteiger partial charge in [-0.2, -0.15) is 0 Å². The smallest absolute Gasteiger partial charge is 0.120 e. The van der Waals surface area contributed by atoms with E-state index in [-0.39, 0.29) is 0 Å². The number of carbonyl (C=O) groups excluding carboxylic acids is 1. The Morgan fingerprint density at radius 1 is 1.06 bits per heavy atom. The number of allylic oxidation sites excluding steroid dienone is 5. The van der Waals surface area contributed by atoms with Gasteiger partial charge in [-0.1, -0.05) is 48.6 Å². The Hall–Kier alpha value is -1.89. The van der Waals surface area contributed by atoms with Gasteiger partial charge in [-0.3, -0.25) is 0 Å². The number of aldehydes is 1. The van der Waals surface area contributed by atoms with Crippen LogP contribution in [0.1, 0.15) is 17.5 Å². The third-order valence-electron chi connectivity index (χ3n) is 2.60. The summed E-state index contributed by atoms with van der Waals surface area (Å²) < 4.78 is 0. The third kappa shape index (κ3) is 2.57. The van der Waals surface area contributed by atoms with Crippen LogP contribution in [0.25, 0.3) is 6.08 Å². The molecule has 80 valence electrons. The first kappa shape index (κ1) is 10.6. The Labute approximate surface area is 95.8 Å². The van der Waals surface area contributed by atoms with Gasteiger partial charge >= 0.3 is 0 Å². The van der Waals surface area contributed by atoms with Crippen molar-refractivity contribution in [3.63, 3.8) is 0 Å². The molecule has 0 aliphatic heterocycles. The van der Waals surface area contributed by atoms with Crippen molar-refractivity contribution in [3.8, 4) is 0 Å². The summed E-state index contributed by atoms with van der Waals surface area (Å²) in [7, 11) is 0. The first-order valence-electron chi connectivity index (χ1n) is 5.48. The monoisotopic (exact) mass is 210 g/mol. The van der Waals surface area contributed by atoms with Crippen molar-refractivity contribution >= 4 is 12.4 Å². The number of aryl methyl sites for hydroxylation is 1. The van der Waals surface area contributed by atoms with E-state index in [1.54, 1.807) is 0 Å². The summed E-state index contributed by atoms with van der Waals surface area (Å²) in [6.07, 6.45) is 12.7. The van der Waals surface area contributed by atoms with Gasteiger partial charge in [0.2, 0.25) is 0 Å². The quantitative estimate of drug-likeness (QED) is 0.697. The summed E-state index contributed by atoms with van der Waals surface area (Å²) in [5.41, 5.74) is 3.64. The zero-order chi connectivity index (χ0) is 11.2. The summed E-state index contributed by atoms with van der Waals surface area (Å²) >= 11 is 0. The van der Waals surface area contributed by atoms with Crippen molar-refractivity contribution in [3.05, 3.63) is 65.3 Å². The highest BCUT2D eigenvalue weighted by molar-refractivity contribution is 5.64. The maximum absolute atomic E-state index is 10.4. The molecule has 16 heavy (non-hydrogen) atoms. The van der Waals surface area contributed by atoms with Crippen molar-refractivity contribution in [1.82, 2.24) is 0 Å². The molecule has 0 fully saturated rings. The van der Waals surface area contributed by atoms with Gasteiger partial charge in [0.1, 0.15) is 6.29 Å². The maximum Gasteiger partial charge on any atom is 0.120 e. The fraction of sp³-hybridized carbons (Fsp3) is 0.133. The Kier molecular flexibility index (Phi) is 3.50.